The Labute approximate surface area is 79.0 Å². The van der Waals surface area contributed by atoms with Gasteiger partial charge in [0.2, 0.25) is 0 Å². The van der Waals surface area contributed by atoms with Crippen molar-refractivity contribution in [2.75, 3.05) is 0 Å². The van der Waals surface area contributed by atoms with Crippen molar-refractivity contribution in [2.45, 2.75) is 0 Å². The minimum Gasteiger partial charge on any atom is -0.354 e. The summed E-state index contributed by atoms with van der Waals surface area (Å²) in [5, 5.41) is 0. The van der Waals surface area contributed by atoms with Crippen LogP contribution in [0.25, 0.3) is 0 Å². The molecule has 0 atom stereocenters. The molecule has 0 aliphatic heterocycles. The Bertz CT molecular complexity index is 286. The van der Waals surface area contributed by atoms with E-state index in [0.717, 1.165) is 0 Å². The number of nitrogens with two attached hydrogens (primary N) is 1. The molecule has 9 heteroatoms. The van der Waals surface area contributed by atoms with Crippen LogP contribution in [0, 0.1) is 0 Å². The molecule has 1 heterocycles. The van der Waals surface area contributed by atoms with Crippen molar-refractivity contribution in [1.82, 2.24) is 9.97 Å². The SMILES string of the molecule is NC(=O)OP(=O)(O)O.c1cncnc1. The van der Waals surface area contributed by atoms with Gasteiger partial charge < -0.3 is 10.3 Å². The Balaban J connectivity index is 0.000000249. The fourth-order valence-corrected chi connectivity index (χ4v) is 0.605. The van der Waals surface area contributed by atoms with Crippen LogP contribution in [0.2, 0.25) is 0 Å². The third kappa shape index (κ3) is 10.5. The van der Waals surface area contributed by atoms with Gasteiger partial charge >= 0.3 is 13.9 Å². The first kappa shape index (κ1) is 12.5. The zero-order valence-electron chi connectivity index (χ0n) is 6.85. The molecule has 0 unspecified atom stereocenters. The second-order valence-electron chi connectivity index (χ2n) is 1.81. The first-order valence-corrected chi connectivity index (χ1v) is 4.69. The lowest BCUT2D eigenvalue weighted by atomic mass is 10.7. The van der Waals surface area contributed by atoms with Gasteiger partial charge in [0, 0.05) is 12.4 Å². The fourth-order valence-electron chi connectivity index (χ4n) is 0.371. The van der Waals surface area contributed by atoms with Crippen molar-refractivity contribution in [2.24, 2.45) is 5.73 Å². The lowest BCUT2D eigenvalue weighted by Crippen LogP contribution is -2.10. The lowest BCUT2D eigenvalue weighted by Gasteiger charge is -1.98. The highest BCUT2D eigenvalue weighted by Gasteiger charge is 2.17. The summed E-state index contributed by atoms with van der Waals surface area (Å²) >= 11 is 0. The predicted molar refractivity (Wildman–Crippen MR) is 44.7 cm³/mol. The molecule has 0 aromatic carbocycles. The highest BCUT2D eigenvalue weighted by atomic mass is 31.2. The molecular formula is C5H8N3O5P. The van der Waals surface area contributed by atoms with E-state index in [2.05, 4.69) is 20.2 Å². The number of hydrogen-bond donors (Lipinski definition) is 3. The first-order valence-electron chi connectivity index (χ1n) is 3.16. The summed E-state index contributed by atoms with van der Waals surface area (Å²) in [6, 6.07) is 1.78. The van der Waals surface area contributed by atoms with E-state index in [9.17, 15) is 9.36 Å². The highest BCUT2D eigenvalue weighted by molar-refractivity contribution is 7.46. The monoisotopic (exact) mass is 221 g/mol. The number of amides is 1. The summed E-state index contributed by atoms with van der Waals surface area (Å²) in [4.78, 5) is 32.4. The molecule has 1 amide bonds. The normalized spacial score (nSPS) is 9.57. The lowest BCUT2D eigenvalue weighted by molar-refractivity contribution is 0.185. The number of carbonyl (C=O) groups is 1. The Morgan fingerprint density at radius 1 is 1.36 bits per heavy atom. The number of hydrogen-bond acceptors (Lipinski definition) is 5. The molecule has 0 bridgehead atoms. The molecule has 1 rings (SSSR count). The summed E-state index contributed by atoms with van der Waals surface area (Å²) in [6.45, 7) is 0. The average Bonchev–Trinajstić information content (AvgIpc) is 2.03. The number of primary amides is 1. The standard InChI is InChI=1S/C4H4N2.CH4NO5P/c1-2-5-4-6-3-1;2-1(3)7-8(4,5)6/h1-4H;(H2,2,3)(H2,4,5,6). The van der Waals surface area contributed by atoms with Gasteiger partial charge in [-0.05, 0) is 6.07 Å². The molecule has 0 spiro atoms. The van der Waals surface area contributed by atoms with Crippen molar-refractivity contribution in [3.63, 3.8) is 0 Å². The van der Waals surface area contributed by atoms with Crippen molar-refractivity contribution >= 4 is 13.9 Å². The smallest absolute Gasteiger partial charge is 0.354 e. The summed E-state index contributed by atoms with van der Waals surface area (Å²) in [7, 11) is -4.70. The van der Waals surface area contributed by atoms with Gasteiger partial charge in [0.25, 0.3) is 0 Å². The van der Waals surface area contributed by atoms with Gasteiger partial charge in [-0.3, -0.25) is 9.79 Å². The zero-order valence-corrected chi connectivity index (χ0v) is 7.74. The number of carbonyl (C=O) groups excluding carboxylic acids is 1. The van der Waals surface area contributed by atoms with Crippen LogP contribution in [0.4, 0.5) is 4.79 Å². The van der Waals surface area contributed by atoms with Gasteiger partial charge in [0.1, 0.15) is 6.33 Å². The molecule has 0 saturated carbocycles. The molecule has 14 heavy (non-hydrogen) atoms. The van der Waals surface area contributed by atoms with Gasteiger partial charge in [-0.1, -0.05) is 0 Å². The zero-order chi connectivity index (χ0) is 11.0. The van der Waals surface area contributed by atoms with Crippen molar-refractivity contribution in [1.29, 1.82) is 0 Å². The molecule has 1 aromatic rings. The van der Waals surface area contributed by atoms with E-state index >= 15 is 0 Å². The Kier molecular flexibility index (Phi) is 5.38. The largest absolute Gasteiger partial charge is 0.528 e. The molecule has 0 aliphatic carbocycles. The second-order valence-corrected chi connectivity index (χ2v) is 2.97. The molecule has 0 aliphatic rings. The van der Waals surface area contributed by atoms with Crippen LogP contribution in [-0.4, -0.2) is 25.8 Å². The average molecular weight is 221 g/mol. The van der Waals surface area contributed by atoms with Crippen LogP contribution in [0.15, 0.2) is 24.8 Å². The Hall–Kier alpha value is -1.50. The maximum absolute atomic E-state index is 9.61. The number of phosphoric ester groups is 1. The Morgan fingerprint density at radius 2 is 1.86 bits per heavy atom. The molecule has 78 valence electrons. The summed E-state index contributed by atoms with van der Waals surface area (Å²) in [6.07, 6.45) is 3.39. The molecule has 0 saturated heterocycles. The van der Waals surface area contributed by atoms with E-state index in [0.29, 0.717) is 0 Å². The van der Waals surface area contributed by atoms with Crippen LogP contribution >= 0.6 is 7.82 Å². The predicted octanol–water partition coefficient (Wildman–Crippen LogP) is -0.349. The van der Waals surface area contributed by atoms with Gasteiger partial charge in [-0.25, -0.2) is 19.3 Å². The maximum Gasteiger partial charge on any atom is 0.528 e. The maximum atomic E-state index is 9.61. The number of nitrogens with zero attached hydrogens (tertiary/aromatic N) is 2. The second kappa shape index (κ2) is 6.03. The third-order valence-electron chi connectivity index (χ3n) is 0.686. The quantitative estimate of drug-likeness (QED) is 0.551. The van der Waals surface area contributed by atoms with Gasteiger partial charge in [-0.2, -0.15) is 0 Å². The number of rotatable bonds is 1. The van der Waals surface area contributed by atoms with Crippen LogP contribution in [0.3, 0.4) is 0 Å². The van der Waals surface area contributed by atoms with Crippen LogP contribution in [0.1, 0.15) is 0 Å². The van der Waals surface area contributed by atoms with Crippen molar-refractivity contribution < 1.29 is 23.7 Å². The van der Waals surface area contributed by atoms with Gasteiger partial charge in [-0.15, -0.1) is 0 Å². The fraction of sp³-hybridized carbons (Fsp3) is 0. The molecular weight excluding hydrogens is 213 g/mol. The number of phosphoric acid groups is 1. The van der Waals surface area contributed by atoms with Crippen molar-refractivity contribution in [3.05, 3.63) is 24.8 Å². The summed E-state index contributed by atoms with van der Waals surface area (Å²) in [5.74, 6) is 0. The minimum absolute atomic E-state index is 1.49. The molecule has 0 radical (unpaired) electrons. The van der Waals surface area contributed by atoms with E-state index in [1.54, 1.807) is 18.5 Å². The highest BCUT2D eigenvalue weighted by Crippen LogP contribution is 2.35. The van der Waals surface area contributed by atoms with Crippen molar-refractivity contribution in [3.8, 4) is 0 Å². The van der Waals surface area contributed by atoms with E-state index < -0.39 is 13.9 Å². The van der Waals surface area contributed by atoms with Gasteiger partial charge in [0.15, 0.2) is 0 Å². The number of aromatic nitrogens is 2. The minimum atomic E-state index is -4.70. The molecule has 4 N–H and O–H groups in total. The van der Waals surface area contributed by atoms with E-state index in [-0.39, 0.29) is 0 Å². The topological polar surface area (TPSA) is 136 Å². The Morgan fingerprint density at radius 3 is 1.93 bits per heavy atom. The summed E-state index contributed by atoms with van der Waals surface area (Å²) < 4.78 is 12.9. The molecule has 1 aromatic heterocycles. The van der Waals surface area contributed by atoms with E-state index in [1.165, 1.54) is 6.33 Å². The van der Waals surface area contributed by atoms with Crippen LogP contribution < -0.4 is 5.73 Å². The van der Waals surface area contributed by atoms with Crippen LogP contribution in [-0.2, 0) is 9.09 Å². The first-order chi connectivity index (χ1) is 6.42. The molecule has 0 fully saturated rings. The van der Waals surface area contributed by atoms with E-state index in [4.69, 9.17) is 9.79 Å². The summed E-state index contributed by atoms with van der Waals surface area (Å²) in [5.41, 5.74) is 4.23. The van der Waals surface area contributed by atoms with Crippen LogP contribution in [0.5, 0.6) is 0 Å². The third-order valence-corrected chi connectivity index (χ3v) is 1.10. The van der Waals surface area contributed by atoms with Gasteiger partial charge in [0.05, 0.1) is 0 Å². The van der Waals surface area contributed by atoms with E-state index in [1.807, 2.05) is 0 Å². The molecule has 8 nitrogen and oxygen atoms in total.